The van der Waals surface area contributed by atoms with Gasteiger partial charge in [-0.3, -0.25) is 14.9 Å². The SMILES string of the molecule is C.CI.CN1CC(C=Nc2ccccc2)=C(Cl)/C(=C/Nc2ccccc2)C1.C[N+]1(C)CC(C=Nc2ccccc2)=C(Cl)/C(=C/Nc2ccccc2)C1.Cl.Cl.Cl.[I-]. The summed E-state index contributed by atoms with van der Waals surface area (Å²) in [4.78, 5) is 13.3. The second kappa shape index (κ2) is 29.8. The maximum atomic E-state index is 6.68. The van der Waals surface area contributed by atoms with E-state index in [1.54, 1.807) is 0 Å². The summed E-state index contributed by atoms with van der Waals surface area (Å²) in [7, 11) is 6.49. The van der Waals surface area contributed by atoms with Crippen LogP contribution < -0.4 is 34.6 Å². The van der Waals surface area contributed by atoms with E-state index in [2.05, 4.69) is 69.3 Å². The van der Waals surface area contributed by atoms with E-state index in [9.17, 15) is 0 Å². The fourth-order valence-corrected chi connectivity index (χ4v) is 5.91. The number of likely N-dealkylation sites (N-methyl/N-ethyl adjacent to an activating group) is 2. The van der Waals surface area contributed by atoms with Crippen LogP contribution in [0.1, 0.15) is 7.43 Å². The van der Waals surface area contributed by atoms with Gasteiger partial charge in [-0.15, -0.1) is 37.2 Å². The molecule has 0 aromatic heterocycles. The molecule has 2 aliphatic rings. The molecule has 4 aromatic carbocycles. The summed E-state index contributed by atoms with van der Waals surface area (Å²) >= 11 is 15.4. The number of alkyl halides is 1. The maximum absolute atomic E-state index is 6.68. The molecule has 2 N–H and O–H groups in total. The molecule has 0 unspecified atom stereocenters. The summed E-state index contributed by atoms with van der Waals surface area (Å²) in [6.45, 7) is 3.33. The van der Waals surface area contributed by atoms with Gasteiger partial charge in [-0.2, -0.15) is 0 Å². The molecule has 0 fully saturated rings. The van der Waals surface area contributed by atoms with Crippen molar-refractivity contribution in [2.45, 2.75) is 7.43 Å². The van der Waals surface area contributed by atoms with E-state index >= 15 is 0 Å². The summed E-state index contributed by atoms with van der Waals surface area (Å²) in [5.41, 5.74) is 8.19. The van der Waals surface area contributed by atoms with Crippen molar-refractivity contribution in [1.82, 2.24) is 4.90 Å². The Morgan fingerprint density at radius 3 is 1.41 bits per heavy atom. The molecule has 0 saturated carbocycles. The number of hydrogen-bond donors (Lipinski definition) is 2. The van der Waals surface area contributed by atoms with Crippen LogP contribution in [-0.2, 0) is 0 Å². The average molecular weight is 1090 g/mol. The number of aliphatic imine (C=N–C) groups is 2. The van der Waals surface area contributed by atoms with Crippen LogP contribution in [0.2, 0.25) is 0 Å². The Kier molecular flexibility index (Phi) is 29.6. The second-order valence-electron chi connectivity index (χ2n) is 12.7. The number of quaternary nitrogens is 1. The fraction of sp³-hybridized carbons (Fsp3) is 0.209. The van der Waals surface area contributed by atoms with Crippen molar-refractivity contribution >= 4 is 118 Å². The number of rotatable bonds is 8. The van der Waals surface area contributed by atoms with Gasteiger partial charge >= 0.3 is 0 Å². The van der Waals surface area contributed by atoms with Crippen LogP contribution in [0, 0.1) is 0 Å². The lowest BCUT2D eigenvalue weighted by atomic mass is 10.0. The number of para-hydroxylation sites is 4. The van der Waals surface area contributed by atoms with Gasteiger partial charge in [0.1, 0.15) is 13.1 Å². The Labute approximate surface area is 394 Å². The summed E-state index contributed by atoms with van der Waals surface area (Å²) in [6.07, 6.45) is 7.74. The van der Waals surface area contributed by atoms with Crippen molar-refractivity contribution in [2.75, 3.05) is 62.9 Å². The van der Waals surface area contributed by atoms with E-state index in [-0.39, 0.29) is 68.6 Å². The molecule has 6 rings (SSSR count). The van der Waals surface area contributed by atoms with E-state index < -0.39 is 0 Å². The molecular formula is C43H53Cl5I2N6. The highest BCUT2D eigenvalue weighted by Crippen LogP contribution is 2.29. The molecule has 2 heterocycles. The zero-order chi connectivity index (χ0) is 36.5. The lowest BCUT2D eigenvalue weighted by Gasteiger charge is -2.35. The minimum atomic E-state index is 0. The van der Waals surface area contributed by atoms with Gasteiger partial charge in [-0.05, 0) is 60.5 Å². The van der Waals surface area contributed by atoms with E-state index in [1.807, 2.05) is 151 Å². The van der Waals surface area contributed by atoms with Gasteiger partial charge < -0.3 is 39.1 Å². The normalized spacial score (nSPS) is 16.1. The highest BCUT2D eigenvalue weighted by Gasteiger charge is 2.28. The number of nitrogens with one attached hydrogen (secondary N) is 2. The Balaban J connectivity index is 0. The number of halogens is 7. The molecule has 6 nitrogen and oxygen atoms in total. The van der Waals surface area contributed by atoms with Crippen molar-refractivity contribution < 1.29 is 28.5 Å². The third kappa shape index (κ3) is 18.9. The van der Waals surface area contributed by atoms with Crippen molar-refractivity contribution in [3.05, 3.63) is 166 Å². The molecule has 0 atom stereocenters. The van der Waals surface area contributed by atoms with E-state index in [1.165, 1.54) is 0 Å². The van der Waals surface area contributed by atoms with Gasteiger partial charge in [0.15, 0.2) is 0 Å². The van der Waals surface area contributed by atoms with Crippen LogP contribution >= 0.6 is 83.0 Å². The third-order valence-electron chi connectivity index (χ3n) is 7.83. The molecule has 0 radical (unpaired) electrons. The highest BCUT2D eigenvalue weighted by molar-refractivity contribution is 14.1. The monoisotopic (exact) mass is 1080 g/mol. The van der Waals surface area contributed by atoms with Crippen LogP contribution in [0.15, 0.2) is 176 Å². The van der Waals surface area contributed by atoms with Gasteiger partial charge in [0.05, 0.1) is 35.5 Å². The predicted molar refractivity (Wildman–Crippen MR) is 259 cm³/mol. The molecule has 56 heavy (non-hydrogen) atoms. The van der Waals surface area contributed by atoms with Crippen molar-refractivity contribution in [3.63, 3.8) is 0 Å². The number of nitrogens with zero attached hydrogens (tertiary/aromatic N) is 4. The molecule has 0 saturated heterocycles. The number of hydrogen-bond acceptors (Lipinski definition) is 5. The van der Waals surface area contributed by atoms with Crippen LogP contribution in [0.3, 0.4) is 0 Å². The first-order chi connectivity index (χ1) is 24.8. The lowest BCUT2D eigenvalue weighted by molar-refractivity contribution is -0.881. The van der Waals surface area contributed by atoms with Gasteiger partial charge in [0, 0.05) is 71.6 Å². The first kappa shape index (κ1) is 55.7. The van der Waals surface area contributed by atoms with Crippen molar-refractivity contribution in [1.29, 1.82) is 0 Å². The second-order valence-corrected chi connectivity index (χ2v) is 13.4. The summed E-state index contributed by atoms with van der Waals surface area (Å²) in [5, 5.41) is 8.22. The molecule has 0 bridgehead atoms. The van der Waals surface area contributed by atoms with E-state index in [0.29, 0.717) is 0 Å². The van der Waals surface area contributed by atoms with Crippen LogP contribution in [0.25, 0.3) is 0 Å². The largest absolute Gasteiger partial charge is 1.00 e. The van der Waals surface area contributed by atoms with Crippen LogP contribution in [-0.4, -0.2) is 74.1 Å². The topological polar surface area (TPSA) is 52.0 Å². The minimum absolute atomic E-state index is 0. The molecule has 0 spiro atoms. The van der Waals surface area contributed by atoms with E-state index in [4.69, 9.17) is 23.2 Å². The first-order valence-corrected chi connectivity index (χ1v) is 19.5. The molecule has 0 amide bonds. The van der Waals surface area contributed by atoms with E-state index in [0.717, 1.165) is 85.8 Å². The Morgan fingerprint density at radius 2 is 0.964 bits per heavy atom. The highest BCUT2D eigenvalue weighted by atomic mass is 127. The quantitative estimate of drug-likeness (QED) is 0.0801. The molecular weight excluding hydrogens is 1030 g/mol. The number of anilines is 2. The fourth-order valence-electron chi connectivity index (χ4n) is 5.46. The van der Waals surface area contributed by atoms with Gasteiger partial charge in [-0.25, -0.2) is 0 Å². The Bertz CT molecular complexity index is 1870. The van der Waals surface area contributed by atoms with Gasteiger partial charge in [0.2, 0.25) is 0 Å². The van der Waals surface area contributed by atoms with Gasteiger partial charge in [0.25, 0.3) is 0 Å². The van der Waals surface area contributed by atoms with Crippen molar-refractivity contribution in [3.8, 4) is 0 Å². The van der Waals surface area contributed by atoms with Crippen LogP contribution in [0.4, 0.5) is 22.7 Å². The molecule has 304 valence electrons. The molecule has 13 heteroatoms. The summed E-state index contributed by atoms with van der Waals surface area (Å²) < 4.78 is 0.842. The lowest BCUT2D eigenvalue weighted by Crippen LogP contribution is -3.00. The third-order valence-corrected chi connectivity index (χ3v) is 8.80. The average Bonchev–Trinajstić information content (AvgIpc) is 3.16. The van der Waals surface area contributed by atoms with Crippen molar-refractivity contribution in [2.24, 2.45) is 9.98 Å². The predicted octanol–water partition coefficient (Wildman–Crippen LogP) is 9.75. The standard InChI is InChI=1S/C21H23ClN3.C20H20ClN3.CH3I.CH4.3ClH.HI/c1-25(2)15-17(13-23-19-9-5-3-6-10-19)21(22)18(16-25)14-24-20-11-7-4-8-12-20;1-24-14-16(12-22-18-8-4-2-5-9-18)20(21)17(15-24)13-23-19-10-6-3-7-11-19;1-2;;;;;/h3-14,23H,15-16H2,1-2H3;2-13,22H,14-15H2,1H3;1H3;1H4;4*1H/q+1;;;;;;;/p-1/b17-13+,24-14?;16-12+,23-13?;;;;;;. The zero-order valence-corrected chi connectivity index (χ0v) is 39.5. The zero-order valence-electron chi connectivity index (χ0n) is 31.2. The Morgan fingerprint density at radius 1 is 0.589 bits per heavy atom. The Hall–Kier alpha value is -2.39. The minimum Gasteiger partial charge on any atom is -1.00 e. The smallest absolute Gasteiger partial charge is 0.107 e. The maximum Gasteiger partial charge on any atom is 0.107 e. The summed E-state index contributed by atoms with van der Waals surface area (Å²) in [6, 6.07) is 40.0. The number of benzene rings is 4. The van der Waals surface area contributed by atoms with Crippen LogP contribution in [0.5, 0.6) is 0 Å². The first-order valence-electron chi connectivity index (χ1n) is 16.6. The molecule has 2 aliphatic heterocycles. The molecule has 4 aromatic rings. The summed E-state index contributed by atoms with van der Waals surface area (Å²) in [5.74, 6) is 0. The van der Waals surface area contributed by atoms with Gasteiger partial charge in [-0.1, -0.05) is 126 Å². The molecule has 0 aliphatic carbocycles.